The van der Waals surface area contributed by atoms with Crippen molar-refractivity contribution in [2.75, 3.05) is 11.9 Å². The Morgan fingerprint density at radius 2 is 2.21 bits per heavy atom. The first kappa shape index (κ1) is 15.7. The van der Waals surface area contributed by atoms with Crippen LogP contribution in [0.1, 0.15) is 17.3 Å². The lowest BCUT2D eigenvalue weighted by Gasteiger charge is -2.07. The monoisotopic (exact) mass is 323 g/mol. The van der Waals surface area contributed by atoms with Crippen LogP contribution < -0.4 is 10.1 Å². The van der Waals surface area contributed by atoms with Crippen LogP contribution in [-0.4, -0.2) is 28.4 Å². The number of carbonyl (C=O) groups excluding carboxylic acids is 2. The predicted molar refractivity (Wildman–Crippen MR) is 91.4 cm³/mol. The fourth-order valence-corrected chi connectivity index (χ4v) is 2.56. The van der Waals surface area contributed by atoms with Gasteiger partial charge in [-0.05, 0) is 37.3 Å². The third-order valence-electron chi connectivity index (χ3n) is 3.57. The van der Waals surface area contributed by atoms with Crippen LogP contribution >= 0.6 is 0 Å². The first-order chi connectivity index (χ1) is 11.7. The molecule has 24 heavy (non-hydrogen) atoms. The number of rotatable bonds is 6. The van der Waals surface area contributed by atoms with E-state index < -0.39 is 0 Å². The Hall–Kier alpha value is -3.15. The van der Waals surface area contributed by atoms with E-state index in [9.17, 15) is 9.59 Å². The minimum Gasteiger partial charge on any atom is -0.494 e. The van der Waals surface area contributed by atoms with Crippen molar-refractivity contribution in [1.29, 1.82) is 0 Å². The molecule has 1 aromatic carbocycles. The lowest BCUT2D eigenvalue weighted by Crippen LogP contribution is -2.18. The van der Waals surface area contributed by atoms with Crippen LogP contribution in [0.25, 0.3) is 10.9 Å². The standard InChI is InChI=1S/C18H17N3O3/c1-2-24-14-6-7-16-15(9-14)13(12-22)10-21(16)11-18(23)20-17-5-3-4-8-19-17/h3-10,12H,2,11H2,1H3,(H,19,20,23). The van der Waals surface area contributed by atoms with Crippen molar-refractivity contribution < 1.29 is 14.3 Å². The highest BCUT2D eigenvalue weighted by Gasteiger charge is 2.12. The predicted octanol–water partition coefficient (Wildman–Crippen LogP) is 2.89. The summed E-state index contributed by atoms with van der Waals surface area (Å²) in [6.07, 6.45) is 4.07. The smallest absolute Gasteiger partial charge is 0.245 e. The van der Waals surface area contributed by atoms with Gasteiger partial charge in [0.05, 0.1) is 6.61 Å². The fourth-order valence-electron chi connectivity index (χ4n) is 2.56. The number of fused-ring (bicyclic) bond motifs is 1. The number of carbonyl (C=O) groups is 2. The Morgan fingerprint density at radius 3 is 2.92 bits per heavy atom. The fraction of sp³-hybridized carbons (Fsp3) is 0.167. The SMILES string of the molecule is CCOc1ccc2c(c1)c(C=O)cn2CC(=O)Nc1ccccn1. The Kier molecular flexibility index (Phi) is 4.56. The normalized spacial score (nSPS) is 10.5. The first-order valence-corrected chi connectivity index (χ1v) is 7.63. The highest BCUT2D eigenvalue weighted by molar-refractivity contribution is 5.99. The van der Waals surface area contributed by atoms with Crippen LogP contribution in [0.5, 0.6) is 5.75 Å². The minimum absolute atomic E-state index is 0.0922. The molecule has 3 rings (SSSR count). The number of nitrogens with zero attached hydrogens (tertiary/aromatic N) is 2. The van der Waals surface area contributed by atoms with Gasteiger partial charge < -0.3 is 14.6 Å². The maximum atomic E-state index is 12.2. The van der Waals surface area contributed by atoms with Gasteiger partial charge in [0.25, 0.3) is 0 Å². The number of hydrogen-bond donors (Lipinski definition) is 1. The highest BCUT2D eigenvalue weighted by atomic mass is 16.5. The molecular weight excluding hydrogens is 306 g/mol. The number of hydrogen-bond acceptors (Lipinski definition) is 4. The number of benzene rings is 1. The average Bonchev–Trinajstić information content (AvgIpc) is 2.93. The maximum absolute atomic E-state index is 12.2. The van der Waals surface area contributed by atoms with Gasteiger partial charge in [-0.2, -0.15) is 0 Å². The number of anilines is 1. The van der Waals surface area contributed by atoms with Crippen molar-refractivity contribution in [3.05, 3.63) is 54.4 Å². The van der Waals surface area contributed by atoms with E-state index in [1.165, 1.54) is 0 Å². The molecule has 0 radical (unpaired) electrons. The molecule has 122 valence electrons. The van der Waals surface area contributed by atoms with Gasteiger partial charge in [-0.15, -0.1) is 0 Å². The highest BCUT2D eigenvalue weighted by Crippen LogP contribution is 2.25. The van der Waals surface area contributed by atoms with Crippen molar-refractivity contribution in [2.45, 2.75) is 13.5 Å². The van der Waals surface area contributed by atoms with Crippen molar-refractivity contribution in [3.8, 4) is 5.75 Å². The Labute approximate surface area is 139 Å². The Morgan fingerprint density at radius 1 is 1.33 bits per heavy atom. The molecule has 0 aliphatic carbocycles. The van der Waals surface area contributed by atoms with Crippen LogP contribution in [0, 0.1) is 0 Å². The molecule has 2 heterocycles. The summed E-state index contributed by atoms with van der Waals surface area (Å²) in [5.41, 5.74) is 1.33. The molecule has 3 aromatic rings. The third kappa shape index (κ3) is 3.27. The molecule has 0 saturated heterocycles. The summed E-state index contributed by atoms with van der Waals surface area (Å²) >= 11 is 0. The maximum Gasteiger partial charge on any atom is 0.245 e. The molecule has 0 bridgehead atoms. The van der Waals surface area contributed by atoms with E-state index in [1.54, 1.807) is 35.2 Å². The van der Waals surface area contributed by atoms with Gasteiger partial charge in [-0.3, -0.25) is 9.59 Å². The Balaban J connectivity index is 1.86. The van der Waals surface area contributed by atoms with E-state index in [2.05, 4.69) is 10.3 Å². The van der Waals surface area contributed by atoms with Gasteiger partial charge in [0.2, 0.25) is 5.91 Å². The van der Waals surface area contributed by atoms with E-state index in [0.717, 1.165) is 17.2 Å². The molecular formula is C18H17N3O3. The lowest BCUT2D eigenvalue weighted by molar-refractivity contribution is -0.116. The van der Waals surface area contributed by atoms with Crippen LogP contribution in [0.3, 0.4) is 0 Å². The number of nitrogens with one attached hydrogen (secondary N) is 1. The van der Waals surface area contributed by atoms with E-state index in [4.69, 9.17) is 4.74 Å². The van der Waals surface area contributed by atoms with Gasteiger partial charge in [-0.1, -0.05) is 6.07 Å². The molecule has 0 aliphatic heterocycles. The quantitative estimate of drug-likeness (QED) is 0.708. The zero-order valence-corrected chi connectivity index (χ0v) is 13.2. The minimum atomic E-state index is -0.211. The summed E-state index contributed by atoms with van der Waals surface area (Å²) in [6, 6.07) is 10.8. The molecule has 0 aliphatic rings. The molecule has 0 unspecified atom stereocenters. The van der Waals surface area contributed by atoms with Crippen LogP contribution in [0.15, 0.2) is 48.8 Å². The van der Waals surface area contributed by atoms with Crippen molar-refractivity contribution in [1.82, 2.24) is 9.55 Å². The van der Waals surface area contributed by atoms with Gasteiger partial charge in [-0.25, -0.2) is 4.98 Å². The van der Waals surface area contributed by atoms with E-state index in [-0.39, 0.29) is 12.5 Å². The first-order valence-electron chi connectivity index (χ1n) is 7.63. The van der Waals surface area contributed by atoms with Gasteiger partial charge in [0.1, 0.15) is 18.1 Å². The average molecular weight is 323 g/mol. The van der Waals surface area contributed by atoms with E-state index in [0.29, 0.717) is 23.7 Å². The lowest BCUT2D eigenvalue weighted by atomic mass is 10.2. The molecule has 0 saturated carbocycles. The second kappa shape index (κ2) is 6.95. The second-order valence-electron chi connectivity index (χ2n) is 5.21. The van der Waals surface area contributed by atoms with Crippen LogP contribution in [0.4, 0.5) is 5.82 Å². The molecule has 1 N–H and O–H groups in total. The molecule has 2 aromatic heterocycles. The molecule has 0 atom stereocenters. The van der Waals surface area contributed by atoms with Gasteiger partial charge in [0, 0.05) is 28.9 Å². The molecule has 1 amide bonds. The largest absolute Gasteiger partial charge is 0.494 e. The summed E-state index contributed by atoms with van der Waals surface area (Å²) < 4.78 is 7.21. The summed E-state index contributed by atoms with van der Waals surface area (Å²) in [7, 11) is 0. The van der Waals surface area contributed by atoms with Crippen LogP contribution in [-0.2, 0) is 11.3 Å². The number of pyridine rings is 1. The summed E-state index contributed by atoms with van der Waals surface area (Å²) in [4.78, 5) is 27.6. The topological polar surface area (TPSA) is 73.2 Å². The van der Waals surface area contributed by atoms with Gasteiger partial charge >= 0.3 is 0 Å². The molecule has 6 heteroatoms. The summed E-state index contributed by atoms with van der Waals surface area (Å²) in [5.74, 6) is 0.980. The summed E-state index contributed by atoms with van der Waals surface area (Å²) in [6.45, 7) is 2.54. The number of ether oxygens (including phenoxy) is 1. The second-order valence-corrected chi connectivity index (χ2v) is 5.21. The van der Waals surface area contributed by atoms with Crippen molar-refractivity contribution >= 4 is 28.9 Å². The van der Waals surface area contributed by atoms with Crippen molar-refractivity contribution in [3.63, 3.8) is 0 Å². The Bertz CT molecular complexity index is 872. The third-order valence-corrected chi connectivity index (χ3v) is 3.57. The molecule has 0 spiro atoms. The zero-order chi connectivity index (χ0) is 16.9. The number of amides is 1. The number of aldehydes is 1. The molecule has 6 nitrogen and oxygen atoms in total. The zero-order valence-electron chi connectivity index (χ0n) is 13.2. The van der Waals surface area contributed by atoms with Crippen molar-refractivity contribution in [2.24, 2.45) is 0 Å². The molecule has 0 fully saturated rings. The van der Waals surface area contributed by atoms with Gasteiger partial charge in [0.15, 0.2) is 6.29 Å². The number of aromatic nitrogens is 2. The van der Waals surface area contributed by atoms with E-state index >= 15 is 0 Å². The van der Waals surface area contributed by atoms with E-state index in [1.807, 2.05) is 25.1 Å². The summed E-state index contributed by atoms with van der Waals surface area (Å²) in [5, 5.41) is 3.50. The van der Waals surface area contributed by atoms with Crippen LogP contribution in [0.2, 0.25) is 0 Å².